The molecule has 1 aliphatic rings. The average molecular weight is 298 g/mol. The Kier molecular flexibility index (Phi) is 10.1. The zero-order chi connectivity index (χ0) is 16.4. The van der Waals surface area contributed by atoms with Gasteiger partial charge in [-0.2, -0.15) is 0 Å². The van der Waals surface area contributed by atoms with Crippen molar-refractivity contribution < 1.29 is 9.59 Å². The summed E-state index contributed by atoms with van der Waals surface area (Å²) in [5.41, 5.74) is 5.25. The van der Waals surface area contributed by atoms with Crippen molar-refractivity contribution in [1.29, 1.82) is 0 Å². The fraction of sp³-hybridized carbons (Fsp3) is 0.882. The van der Waals surface area contributed by atoms with Crippen molar-refractivity contribution in [2.45, 2.75) is 66.7 Å². The normalized spacial score (nSPS) is 19.7. The van der Waals surface area contributed by atoms with Crippen LogP contribution in [0.1, 0.15) is 66.7 Å². The Labute approximate surface area is 130 Å². The van der Waals surface area contributed by atoms with Crippen LogP contribution in [-0.2, 0) is 9.59 Å². The van der Waals surface area contributed by atoms with Gasteiger partial charge in [0.1, 0.15) is 0 Å². The molecule has 0 aliphatic carbocycles. The molecule has 21 heavy (non-hydrogen) atoms. The Hall–Kier alpha value is -1.06. The SMILES string of the molecule is CC(C)CC(CC(N)=O)C(=O)N1CCCC(C)C1.CCC. The molecule has 0 aromatic heterocycles. The van der Waals surface area contributed by atoms with Gasteiger partial charge in [0.25, 0.3) is 0 Å². The summed E-state index contributed by atoms with van der Waals surface area (Å²) < 4.78 is 0. The van der Waals surface area contributed by atoms with E-state index < -0.39 is 0 Å². The van der Waals surface area contributed by atoms with Crippen molar-refractivity contribution in [3.05, 3.63) is 0 Å². The monoisotopic (exact) mass is 298 g/mol. The topological polar surface area (TPSA) is 63.4 Å². The van der Waals surface area contributed by atoms with Crippen LogP contribution in [-0.4, -0.2) is 29.8 Å². The fourth-order valence-electron chi connectivity index (χ4n) is 2.73. The van der Waals surface area contributed by atoms with E-state index in [1.165, 1.54) is 12.8 Å². The van der Waals surface area contributed by atoms with Gasteiger partial charge in [0, 0.05) is 25.4 Å². The van der Waals surface area contributed by atoms with Gasteiger partial charge in [-0.05, 0) is 31.1 Å². The third kappa shape index (κ3) is 8.74. The van der Waals surface area contributed by atoms with E-state index in [0.717, 1.165) is 25.9 Å². The molecule has 4 nitrogen and oxygen atoms in total. The van der Waals surface area contributed by atoms with Crippen molar-refractivity contribution in [1.82, 2.24) is 4.90 Å². The summed E-state index contributed by atoms with van der Waals surface area (Å²) >= 11 is 0. The van der Waals surface area contributed by atoms with Crippen molar-refractivity contribution >= 4 is 11.8 Å². The Balaban J connectivity index is 0.00000122. The number of hydrogen-bond donors (Lipinski definition) is 1. The first-order valence-electron chi connectivity index (χ1n) is 8.38. The summed E-state index contributed by atoms with van der Waals surface area (Å²) in [4.78, 5) is 25.4. The second-order valence-corrected chi connectivity index (χ2v) is 6.74. The van der Waals surface area contributed by atoms with Crippen LogP contribution in [0.3, 0.4) is 0 Å². The molecule has 2 atom stereocenters. The minimum Gasteiger partial charge on any atom is -0.370 e. The molecule has 124 valence electrons. The van der Waals surface area contributed by atoms with Crippen LogP contribution in [0.15, 0.2) is 0 Å². The van der Waals surface area contributed by atoms with Gasteiger partial charge in [0.2, 0.25) is 11.8 Å². The van der Waals surface area contributed by atoms with Gasteiger partial charge in [-0.15, -0.1) is 0 Å². The number of nitrogens with zero attached hydrogens (tertiary/aromatic N) is 1. The second-order valence-electron chi connectivity index (χ2n) is 6.74. The molecule has 0 aromatic rings. The molecule has 2 unspecified atom stereocenters. The first-order valence-corrected chi connectivity index (χ1v) is 8.38. The van der Waals surface area contributed by atoms with Gasteiger partial charge >= 0.3 is 0 Å². The lowest BCUT2D eigenvalue weighted by Gasteiger charge is -2.33. The second kappa shape index (κ2) is 10.6. The lowest BCUT2D eigenvalue weighted by molar-refractivity contribution is -0.140. The largest absolute Gasteiger partial charge is 0.370 e. The molecule has 1 rings (SSSR count). The minimum atomic E-state index is -0.376. The number of amides is 2. The van der Waals surface area contributed by atoms with Gasteiger partial charge in [-0.3, -0.25) is 9.59 Å². The standard InChI is InChI=1S/C14H26N2O2.C3H8/c1-10(2)7-12(8-13(15)17)14(18)16-6-4-5-11(3)9-16;1-3-2/h10-12H,4-9H2,1-3H3,(H2,15,17);3H2,1-2H3. The minimum absolute atomic E-state index is 0.119. The van der Waals surface area contributed by atoms with Crippen LogP contribution in [0.25, 0.3) is 0 Å². The quantitative estimate of drug-likeness (QED) is 0.847. The molecular weight excluding hydrogens is 264 g/mol. The predicted molar refractivity (Wildman–Crippen MR) is 87.7 cm³/mol. The molecule has 1 saturated heterocycles. The summed E-state index contributed by atoms with van der Waals surface area (Å²) in [5, 5.41) is 0. The van der Waals surface area contributed by atoms with Crippen LogP contribution in [0, 0.1) is 17.8 Å². The predicted octanol–water partition coefficient (Wildman–Crippen LogP) is 3.20. The van der Waals surface area contributed by atoms with E-state index in [4.69, 9.17) is 5.73 Å². The highest BCUT2D eigenvalue weighted by Gasteiger charge is 2.29. The summed E-state index contributed by atoms with van der Waals surface area (Å²) in [5.74, 6) is 0.484. The van der Waals surface area contributed by atoms with E-state index in [-0.39, 0.29) is 24.2 Å². The molecule has 0 saturated carbocycles. The molecule has 0 aromatic carbocycles. The third-order valence-corrected chi connectivity index (χ3v) is 3.52. The van der Waals surface area contributed by atoms with Gasteiger partial charge in [-0.25, -0.2) is 0 Å². The fourth-order valence-corrected chi connectivity index (χ4v) is 2.73. The summed E-state index contributed by atoms with van der Waals surface area (Å²) in [6, 6.07) is 0. The van der Waals surface area contributed by atoms with Gasteiger partial charge in [0.15, 0.2) is 0 Å². The highest BCUT2D eigenvalue weighted by atomic mass is 16.2. The van der Waals surface area contributed by atoms with Crippen LogP contribution in [0.5, 0.6) is 0 Å². The van der Waals surface area contributed by atoms with Crippen LogP contribution in [0.2, 0.25) is 0 Å². The van der Waals surface area contributed by atoms with Gasteiger partial charge in [0.05, 0.1) is 0 Å². The van der Waals surface area contributed by atoms with Crippen molar-refractivity contribution in [3.63, 3.8) is 0 Å². The van der Waals surface area contributed by atoms with E-state index in [9.17, 15) is 9.59 Å². The van der Waals surface area contributed by atoms with E-state index in [2.05, 4.69) is 34.6 Å². The lowest BCUT2D eigenvalue weighted by Crippen LogP contribution is -2.43. The van der Waals surface area contributed by atoms with E-state index in [1.54, 1.807) is 0 Å². The maximum atomic E-state index is 12.4. The maximum Gasteiger partial charge on any atom is 0.226 e. The first kappa shape index (κ1) is 19.9. The molecule has 1 fully saturated rings. The smallest absolute Gasteiger partial charge is 0.226 e. The van der Waals surface area contributed by atoms with Gasteiger partial charge < -0.3 is 10.6 Å². The van der Waals surface area contributed by atoms with Crippen LogP contribution >= 0.6 is 0 Å². The highest BCUT2D eigenvalue weighted by molar-refractivity contribution is 5.85. The number of hydrogen-bond acceptors (Lipinski definition) is 2. The molecule has 0 radical (unpaired) electrons. The molecule has 1 heterocycles. The molecule has 1 aliphatic heterocycles. The third-order valence-electron chi connectivity index (χ3n) is 3.52. The Morgan fingerprint density at radius 3 is 2.29 bits per heavy atom. The molecular formula is C17H34N2O2. The average Bonchev–Trinajstić information content (AvgIpc) is 2.37. The Morgan fingerprint density at radius 2 is 1.86 bits per heavy atom. The van der Waals surface area contributed by atoms with Crippen LogP contribution in [0.4, 0.5) is 0 Å². The van der Waals surface area contributed by atoms with Crippen LogP contribution < -0.4 is 5.73 Å². The van der Waals surface area contributed by atoms with E-state index >= 15 is 0 Å². The zero-order valence-corrected chi connectivity index (χ0v) is 14.5. The van der Waals surface area contributed by atoms with Crippen molar-refractivity contribution in [2.24, 2.45) is 23.5 Å². The van der Waals surface area contributed by atoms with Crippen molar-refractivity contribution in [2.75, 3.05) is 13.1 Å². The molecule has 4 heteroatoms. The molecule has 0 bridgehead atoms. The number of nitrogens with two attached hydrogens (primary N) is 1. The number of carbonyl (C=O) groups excluding carboxylic acids is 2. The maximum absolute atomic E-state index is 12.4. The van der Waals surface area contributed by atoms with Crippen molar-refractivity contribution in [3.8, 4) is 0 Å². The summed E-state index contributed by atoms with van der Waals surface area (Å²) in [6.45, 7) is 12.2. The number of primary amides is 1. The Bertz CT molecular complexity index is 316. The molecule has 0 spiro atoms. The molecule has 2 N–H and O–H groups in total. The number of carbonyl (C=O) groups is 2. The molecule has 2 amide bonds. The van der Waals surface area contributed by atoms with E-state index in [0.29, 0.717) is 11.8 Å². The lowest BCUT2D eigenvalue weighted by atomic mass is 9.91. The number of rotatable bonds is 5. The van der Waals surface area contributed by atoms with Gasteiger partial charge in [-0.1, -0.05) is 41.0 Å². The zero-order valence-electron chi connectivity index (χ0n) is 14.5. The first-order chi connectivity index (χ1) is 9.81. The Morgan fingerprint density at radius 1 is 1.29 bits per heavy atom. The summed E-state index contributed by atoms with van der Waals surface area (Å²) in [6.07, 6.45) is 4.43. The summed E-state index contributed by atoms with van der Waals surface area (Å²) in [7, 11) is 0. The highest BCUT2D eigenvalue weighted by Crippen LogP contribution is 2.22. The number of piperidine rings is 1. The van der Waals surface area contributed by atoms with E-state index in [1.807, 2.05) is 4.90 Å². The number of likely N-dealkylation sites (tertiary alicyclic amines) is 1.